The average molecular weight is 361 g/mol. The lowest BCUT2D eigenvalue weighted by Crippen LogP contribution is -2.24. The molecule has 0 radical (unpaired) electrons. The Morgan fingerprint density at radius 2 is 1.87 bits per heavy atom. The Balaban J connectivity index is 0.000000284. The minimum atomic E-state index is -1.26. The van der Waals surface area contributed by atoms with Gasteiger partial charge in [0.2, 0.25) is 0 Å². The third-order valence-electron chi connectivity index (χ3n) is 2.38. The van der Waals surface area contributed by atoms with Crippen LogP contribution < -0.4 is 10.1 Å². The van der Waals surface area contributed by atoms with E-state index in [1.165, 1.54) is 0 Å². The van der Waals surface area contributed by atoms with E-state index in [-0.39, 0.29) is 0 Å². The summed E-state index contributed by atoms with van der Waals surface area (Å²) in [6.07, 6.45) is 1.12. The lowest BCUT2D eigenvalue weighted by Gasteiger charge is -2.07. The predicted octanol–water partition coefficient (Wildman–Crippen LogP) is 2.09. The fraction of sp³-hybridized carbons (Fsp3) is 0.214. The van der Waals surface area contributed by atoms with Crippen molar-refractivity contribution in [2.75, 3.05) is 19.7 Å². The fourth-order valence-corrected chi connectivity index (χ4v) is 1.69. The van der Waals surface area contributed by atoms with Crippen molar-refractivity contribution in [3.05, 3.63) is 40.4 Å². The van der Waals surface area contributed by atoms with Crippen molar-refractivity contribution in [1.29, 1.82) is 0 Å². The largest absolute Gasteiger partial charge is 0.486 e. The maximum Gasteiger partial charge on any atom is 0.328 e. The summed E-state index contributed by atoms with van der Waals surface area (Å²) in [4.78, 5) is 23.3. The molecule has 0 saturated heterocycles. The molecule has 0 aliphatic carbocycles. The monoisotopic (exact) mass is 360 g/mol. The Hall–Kier alpha value is -2.25. The van der Waals surface area contributed by atoms with Gasteiger partial charge >= 0.3 is 11.9 Å². The number of carboxylic acids is 2. The number of rotatable bonds is 5. The van der Waals surface area contributed by atoms with Crippen molar-refractivity contribution in [2.24, 2.45) is 4.99 Å². The first-order chi connectivity index (χ1) is 10.9. The quantitative estimate of drug-likeness (QED) is 0.693. The second-order valence-corrected chi connectivity index (χ2v) is 4.94. The second-order valence-electron chi connectivity index (χ2n) is 4.13. The SMILES string of the molecule is Clc1ccc(OCC2=NCCN2)cc1Cl.O=C(O)C=CC(=O)O. The number of benzene rings is 1. The van der Waals surface area contributed by atoms with Crippen molar-refractivity contribution < 1.29 is 24.5 Å². The lowest BCUT2D eigenvalue weighted by molar-refractivity contribution is -0.134. The number of aliphatic imine (C=N–C) groups is 1. The Bertz CT molecular complexity index is 616. The molecule has 124 valence electrons. The highest BCUT2D eigenvalue weighted by Gasteiger charge is 2.06. The van der Waals surface area contributed by atoms with E-state index in [4.69, 9.17) is 38.2 Å². The number of hydrogen-bond acceptors (Lipinski definition) is 5. The van der Waals surface area contributed by atoms with Gasteiger partial charge in [0.15, 0.2) is 0 Å². The highest BCUT2D eigenvalue weighted by Crippen LogP contribution is 2.26. The van der Waals surface area contributed by atoms with Gasteiger partial charge in [0, 0.05) is 24.8 Å². The lowest BCUT2D eigenvalue weighted by atomic mass is 10.3. The molecular weight excluding hydrogens is 347 g/mol. The van der Waals surface area contributed by atoms with E-state index in [9.17, 15) is 9.59 Å². The second kappa shape index (κ2) is 9.70. The Kier molecular flexibility index (Phi) is 7.93. The van der Waals surface area contributed by atoms with Crippen molar-refractivity contribution >= 4 is 41.0 Å². The van der Waals surface area contributed by atoms with Gasteiger partial charge in [-0.1, -0.05) is 23.2 Å². The summed E-state index contributed by atoms with van der Waals surface area (Å²) in [5.41, 5.74) is 0. The number of amidine groups is 1. The third-order valence-corrected chi connectivity index (χ3v) is 3.12. The maximum absolute atomic E-state index is 9.55. The van der Waals surface area contributed by atoms with Crippen molar-refractivity contribution in [3.63, 3.8) is 0 Å². The first-order valence-corrected chi connectivity index (χ1v) is 7.13. The van der Waals surface area contributed by atoms with Crippen LogP contribution in [0.4, 0.5) is 0 Å². The third kappa shape index (κ3) is 8.08. The molecule has 23 heavy (non-hydrogen) atoms. The standard InChI is InChI=1S/C10H10Cl2N2O.C4H4O4/c11-8-2-1-7(5-9(8)12)15-6-10-13-3-4-14-10;5-3(6)1-2-4(7)8/h1-2,5H,3-4,6H2,(H,13,14);1-2H,(H,5,6)(H,7,8). The fourth-order valence-electron chi connectivity index (χ4n) is 1.40. The normalized spacial score (nSPS) is 12.9. The van der Waals surface area contributed by atoms with Crippen molar-refractivity contribution in [2.45, 2.75) is 0 Å². The molecule has 1 aliphatic heterocycles. The molecule has 0 aromatic heterocycles. The molecular formula is C14H14Cl2N2O5. The molecule has 0 amide bonds. The summed E-state index contributed by atoms with van der Waals surface area (Å²) >= 11 is 11.6. The van der Waals surface area contributed by atoms with Crippen LogP contribution in [-0.4, -0.2) is 47.7 Å². The molecule has 1 aromatic carbocycles. The van der Waals surface area contributed by atoms with Crippen LogP contribution in [0.3, 0.4) is 0 Å². The van der Waals surface area contributed by atoms with Crippen molar-refractivity contribution in [3.8, 4) is 5.75 Å². The maximum atomic E-state index is 9.55. The zero-order chi connectivity index (χ0) is 17.2. The van der Waals surface area contributed by atoms with E-state index < -0.39 is 11.9 Å². The number of hydrogen-bond donors (Lipinski definition) is 3. The van der Waals surface area contributed by atoms with Gasteiger partial charge in [-0.05, 0) is 12.1 Å². The Morgan fingerprint density at radius 1 is 1.22 bits per heavy atom. The number of carbonyl (C=O) groups is 2. The molecule has 9 heteroatoms. The number of ether oxygens (including phenoxy) is 1. The van der Waals surface area contributed by atoms with E-state index in [0.717, 1.165) is 18.9 Å². The first-order valence-electron chi connectivity index (χ1n) is 6.37. The molecule has 0 saturated carbocycles. The zero-order valence-electron chi connectivity index (χ0n) is 11.8. The van der Waals surface area contributed by atoms with Crippen LogP contribution in [0.25, 0.3) is 0 Å². The van der Waals surface area contributed by atoms with Crippen LogP contribution in [0.1, 0.15) is 0 Å². The summed E-state index contributed by atoms with van der Waals surface area (Å²) in [6, 6.07) is 5.19. The molecule has 3 N–H and O–H groups in total. The van der Waals surface area contributed by atoms with E-state index >= 15 is 0 Å². The molecule has 0 fully saturated rings. The summed E-state index contributed by atoms with van der Waals surface area (Å²) in [6.45, 7) is 2.15. The summed E-state index contributed by atoms with van der Waals surface area (Å²) in [5.74, 6) is -0.943. The van der Waals surface area contributed by atoms with Crippen molar-refractivity contribution in [1.82, 2.24) is 5.32 Å². The molecule has 0 spiro atoms. The zero-order valence-corrected chi connectivity index (χ0v) is 13.3. The minimum absolute atomic E-state index is 0.442. The smallest absolute Gasteiger partial charge is 0.328 e. The van der Waals surface area contributed by atoms with Gasteiger partial charge in [0.25, 0.3) is 0 Å². The van der Waals surface area contributed by atoms with Crippen LogP contribution in [-0.2, 0) is 9.59 Å². The van der Waals surface area contributed by atoms with E-state index in [1.54, 1.807) is 18.2 Å². The molecule has 0 atom stereocenters. The van der Waals surface area contributed by atoms with Gasteiger partial charge in [-0.2, -0.15) is 0 Å². The number of halogens is 2. The topological polar surface area (TPSA) is 108 Å². The summed E-state index contributed by atoms with van der Waals surface area (Å²) in [5, 5.41) is 19.8. The van der Waals surface area contributed by atoms with E-state index in [2.05, 4.69) is 10.3 Å². The van der Waals surface area contributed by atoms with Crippen LogP contribution in [0.2, 0.25) is 10.0 Å². The summed E-state index contributed by atoms with van der Waals surface area (Å²) < 4.78 is 5.49. The van der Waals surface area contributed by atoms with Gasteiger partial charge in [0.1, 0.15) is 18.2 Å². The van der Waals surface area contributed by atoms with Gasteiger partial charge in [-0.15, -0.1) is 0 Å². The van der Waals surface area contributed by atoms with Crippen LogP contribution in [0, 0.1) is 0 Å². The number of aliphatic carboxylic acids is 2. The van der Waals surface area contributed by atoms with Gasteiger partial charge in [0.05, 0.1) is 16.6 Å². The number of nitrogens with zero attached hydrogens (tertiary/aromatic N) is 1. The Morgan fingerprint density at radius 3 is 2.35 bits per heavy atom. The number of carboxylic acid groups (broad SMARTS) is 2. The molecule has 1 aliphatic rings. The summed E-state index contributed by atoms with van der Waals surface area (Å²) in [7, 11) is 0. The Labute approximate surface area is 142 Å². The van der Waals surface area contributed by atoms with Gasteiger partial charge in [-0.25, -0.2) is 9.59 Å². The van der Waals surface area contributed by atoms with E-state index in [1.807, 2.05) is 0 Å². The predicted molar refractivity (Wildman–Crippen MR) is 86.7 cm³/mol. The van der Waals surface area contributed by atoms with Crippen LogP contribution in [0.15, 0.2) is 35.3 Å². The average Bonchev–Trinajstić information content (AvgIpc) is 3.00. The molecule has 2 rings (SSSR count). The van der Waals surface area contributed by atoms with Gasteiger partial charge in [-0.3, -0.25) is 4.99 Å². The van der Waals surface area contributed by atoms with Gasteiger partial charge < -0.3 is 20.3 Å². The van der Waals surface area contributed by atoms with E-state index in [0.29, 0.717) is 34.6 Å². The molecule has 1 aromatic rings. The highest BCUT2D eigenvalue weighted by atomic mass is 35.5. The molecule has 7 nitrogen and oxygen atoms in total. The highest BCUT2D eigenvalue weighted by molar-refractivity contribution is 6.42. The minimum Gasteiger partial charge on any atom is -0.486 e. The van der Waals surface area contributed by atoms with Crippen LogP contribution >= 0.6 is 23.2 Å². The molecule has 0 unspecified atom stereocenters. The first kappa shape index (κ1) is 18.8. The molecule has 1 heterocycles. The number of nitrogens with one attached hydrogen (secondary N) is 1. The molecule has 0 bridgehead atoms. The van der Waals surface area contributed by atoms with Crippen LogP contribution in [0.5, 0.6) is 5.75 Å².